The van der Waals surface area contributed by atoms with Gasteiger partial charge in [-0.2, -0.15) is 0 Å². The quantitative estimate of drug-likeness (QED) is 0.113. The summed E-state index contributed by atoms with van der Waals surface area (Å²) in [7, 11) is 0. The summed E-state index contributed by atoms with van der Waals surface area (Å²) in [5, 5.41) is 69.7. The van der Waals surface area contributed by atoms with Gasteiger partial charge in [0.2, 0.25) is 0 Å². The monoisotopic (exact) mass is 496 g/mol. The summed E-state index contributed by atoms with van der Waals surface area (Å²) in [4.78, 5) is 12.0. The first kappa shape index (κ1) is 29.3. The van der Waals surface area contributed by atoms with Crippen LogP contribution in [-0.2, 0) is 23.7 Å². The SMILES string of the molecule is CCCCCCCCCC(=O)OC[C@@H]1O[C@H](O[C@H]2O[C@H](CO)[C@@H](O)[C@@H](O)[C@@H]2O)[C@@H](O)[C@H](O)[C@@H]1O. The molecular weight excluding hydrogens is 456 g/mol. The molecule has 0 radical (unpaired) electrons. The van der Waals surface area contributed by atoms with Gasteiger partial charge in [-0.3, -0.25) is 4.79 Å². The zero-order valence-electron chi connectivity index (χ0n) is 19.5. The minimum absolute atomic E-state index is 0.201. The Hall–Kier alpha value is -0.930. The van der Waals surface area contributed by atoms with E-state index >= 15 is 0 Å². The Morgan fingerprint density at radius 3 is 1.76 bits per heavy atom. The first-order valence-corrected chi connectivity index (χ1v) is 12.0. The maximum absolute atomic E-state index is 12.0. The molecule has 0 unspecified atom stereocenters. The highest BCUT2D eigenvalue weighted by molar-refractivity contribution is 5.69. The Labute approximate surface area is 199 Å². The molecule has 200 valence electrons. The van der Waals surface area contributed by atoms with Crippen LogP contribution in [0.15, 0.2) is 0 Å². The molecule has 7 N–H and O–H groups in total. The predicted octanol–water partition coefficient (Wildman–Crippen LogP) is -1.71. The fourth-order valence-electron chi connectivity index (χ4n) is 3.95. The molecule has 0 spiro atoms. The van der Waals surface area contributed by atoms with Crippen molar-refractivity contribution < 1.29 is 59.5 Å². The summed E-state index contributed by atoms with van der Waals surface area (Å²) < 4.78 is 21.1. The topological polar surface area (TPSA) is 196 Å². The van der Waals surface area contributed by atoms with Gasteiger partial charge in [-0.25, -0.2) is 0 Å². The molecule has 10 atom stereocenters. The number of carbonyl (C=O) groups is 1. The highest BCUT2D eigenvalue weighted by Gasteiger charge is 2.49. The molecule has 12 heteroatoms. The van der Waals surface area contributed by atoms with E-state index < -0.39 is 80.6 Å². The van der Waals surface area contributed by atoms with E-state index in [2.05, 4.69) is 6.92 Å². The Kier molecular flexibility index (Phi) is 12.6. The van der Waals surface area contributed by atoms with Gasteiger partial charge in [0, 0.05) is 6.42 Å². The smallest absolute Gasteiger partial charge is 0.305 e. The minimum Gasteiger partial charge on any atom is -0.463 e. The first-order valence-electron chi connectivity index (χ1n) is 12.0. The molecule has 0 bridgehead atoms. The van der Waals surface area contributed by atoms with E-state index in [1.807, 2.05) is 0 Å². The van der Waals surface area contributed by atoms with Crippen LogP contribution in [0.5, 0.6) is 0 Å². The molecule has 34 heavy (non-hydrogen) atoms. The maximum Gasteiger partial charge on any atom is 0.305 e. The first-order chi connectivity index (χ1) is 16.2. The van der Waals surface area contributed by atoms with Gasteiger partial charge in [-0.05, 0) is 6.42 Å². The second-order valence-electron chi connectivity index (χ2n) is 8.90. The van der Waals surface area contributed by atoms with Crippen molar-refractivity contribution in [2.75, 3.05) is 13.2 Å². The van der Waals surface area contributed by atoms with Crippen molar-refractivity contribution in [2.24, 2.45) is 0 Å². The van der Waals surface area contributed by atoms with E-state index in [-0.39, 0.29) is 6.42 Å². The van der Waals surface area contributed by atoms with Crippen molar-refractivity contribution in [2.45, 2.75) is 120 Å². The van der Waals surface area contributed by atoms with Gasteiger partial charge in [0.1, 0.15) is 55.4 Å². The molecule has 2 heterocycles. The average Bonchev–Trinajstić information content (AvgIpc) is 2.83. The van der Waals surface area contributed by atoms with Crippen LogP contribution in [0, 0.1) is 0 Å². The van der Waals surface area contributed by atoms with Gasteiger partial charge in [0.15, 0.2) is 12.6 Å². The van der Waals surface area contributed by atoms with Crippen molar-refractivity contribution in [3.63, 3.8) is 0 Å². The van der Waals surface area contributed by atoms with E-state index in [0.29, 0.717) is 6.42 Å². The lowest BCUT2D eigenvalue weighted by molar-refractivity contribution is -0.376. The largest absolute Gasteiger partial charge is 0.463 e. The number of ether oxygens (including phenoxy) is 4. The molecule has 2 aliphatic rings. The van der Waals surface area contributed by atoms with Gasteiger partial charge in [-0.1, -0.05) is 45.4 Å². The number of hydrogen-bond acceptors (Lipinski definition) is 12. The molecule has 0 aliphatic carbocycles. The van der Waals surface area contributed by atoms with Crippen LogP contribution in [-0.4, -0.2) is 116 Å². The number of rotatable bonds is 13. The van der Waals surface area contributed by atoms with Crippen molar-refractivity contribution in [1.82, 2.24) is 0 Å². The third-order valence-corrected chi connectivity index (χ3v) is 6.18. The molecule has 2 aliphatic heterocycles. The molecule has 0 aromatic rings. The van der Waals surface area contributed by atoms with Crippen molar-refractivity contribution in [1.29, 1.82) is 0 Å². The van der Waals surface area contributed by atoms with Crippen LogP contribution < -0.4 is 0 Å². The minimum atomic E-state index is -1.76. The van der Waals surface area contributed by atoms with E-state index in [9.17, 15) is 40.5 Å². The Morgan fingerprint density at radius 2 is 1.21 bits per heavy atom. The lowest BCUT2D eigenvalue weighted by Gasteiger charge is -2.44. The maximum atomic E-state index is 12.0. The van der Waals surface area contributed by atoms with Crippen molar-refractivity contribution >= 4 is 5.97 Å². The second-order valence-corrected chi connectivity index (χ2v) is 8.90. The molecular formula is C22H40O12. The van der Waals surface area contributed by atoms with Gasteiger partial charge < -0.3 is 54.7 Å². The third kappa shape index (κ3) is 8.05. The number of hydrogen-bond donors (Lipinski definition) is 7. The summed E-state index contributed by atoms with van der Waals surface area (Å²) in [6.45, 7) is 1.05. The van der Waals surface area contributed by atoms with E-state index in [1.54, 1.807) is 0 Å². The van der Waals surface area contributed by atoms with Gasteiger partial charge in [-0.15, -0.1) is 0 Å². The fourth-order valence-corrected chi connectivity index (χ4v) is 3.95. The summed E-state index contributed by atoms with van der Waals surface area (Å²) in [6, 6.07) is 0. The fraction of sp³-hybridized carbons (Fsp3) is 0.955. The Bertz CT molecular complexity index is 590. The molecule has 0 amide bonds. The van der Waals surface area contributed by atoms with Crippen LogP contribution in [0.25, 0.3) is 0 Å². The molecule has 12 nitrogen and oxygen atoms in total. The zero-order valence-corrected chi connectivity index (χ0v) is 19.5. The second kappa shape index (κ2) is 14.6. The molecule has 2 rings (SSSR count). The zero-order chi connectivity index (χ0) is 25.3. The summed E-state index contributed by atoms with van der Waals surface area (Å²) in [5.41, 5.74) is 0. The lowest BCUT2D eigenvalue weighted by Crippen LogP contribution is -2.63. The van der Waals surface area contributed by atoms with E-state index in [0.717, 1.165) is 19.3 Å². The number of esters is 1. The standard InChI is InChI=1S/C22H40O12/c1-2-3-4-5-6-7-8-9-14(24)31-11-13-16(26)18(28)20(30)22(33-13)34-21-19(29)17(27)15(25)12(10-23)32-21/h12-13,15-23,25-30H,2-11H2,1H3/t12-,13+,15-,16-,17-,18-,19+,20+,21-,22-/m1/s1. The van der Waals surface area contributed by atoms with Crippen LogP contribution in [0.3, 0.4) is 0 Å². The molecule has 0 aromatic heterocycles. The summed E-state index contributed by atoms with van der Waals surface area (Å²) in [5.74, 6) is -0.489. The number of aliphatic hydroxyl groups excluding tert-OH is 7. The van der Waals surface area contributed by atoms with E-state index in [1.165, 1.54) is 19.3 Å². The average molecular weight is 497 g/mol. The van der Waals surface area contributed by atoms with Gasteiger partial charge >= 0.3 is 5.97 Å². The molecule has 2 fully saturated rings. The highest BCUT2D eigenvalue weighted by Crippen LogP contribution is 2.28. The third-order valence-electron chi connectivity index (χ3n) is 6.18. The van der Waals surface area contributed by atoms with Gasteiger partial charge in [0.25, 0.3) is 0 Å². The van der Waals surface area contributed by atoms with Crippen LogP contribution in [0.4, 0.5) is 0 Å². The molecule has 0 saturated carbocycles. The predicted molar refractivity (Wildman–Crippen MR) is 115 cm³/mol. The molecule has 0 aromatic carbocycles. The number of carbonyl (C=O) groups excluding carboxylic acids is 1. The van der Waals surface area contributed by atoms with E-state index in [4.69, 9.17) is 18.9 Å². The van der Waals surface area contributed by atoms with Crippen molar-refractivity contribution in [3.05, 3.63) is 0 Å². The number of aliphatic hydroxyl groups is 7. The van der Waals surface area contributed by atoms with Gasteiger partial charge in [0.05, 0.1) is 6.61 Å². The lowest BCUT2D eigenvalue weighted by atomic mass is 9.98. The summed E-state index contributed by atoms with van der Waals surface area (Å²) in [6.07, 6.45) is -8.41. The van der Waals surface area contributed by atoms with Crippen molar-refractivity contribution in [3.8, 4) is 0 Å². The normalized spacial score (nSPS) is 38.6. The van der Waals surface area contributed by atoms with Crippen LogP contribution >= 0.6 is 0 Å². The highest BCUT2D eigenvalue weighted by atomic mass is 16.8. The van der Waals surface area contributed by atoms with Crippen LogP contribution in [0.1, 0.15) is 58.3 Å². The molecule has 2 saturated heterocycles. The number of unbranched alkanes of at least 4 members (excludes halogenated alkanes) is 6. The Balaban J connectivity index is 1.83. The summed E-state index contributed by atoms with van der Waals surface area (Å²) >= 11 is 0. The Morgan fingerprint density at radius 1 is 0.706 bits per heavy atom. The van der Waals surface area contributed by atoms with Crippen LogP contribution in [0.2, 0.25) is 0 Å².